The van der Waals surface area contributed by atoms with Gasteiger partial charge in [0.1, 0.15) is 5.15 Å². The second-order valence-electron chi connectivity index (χ2n) is 8.02. The fourth-order valence-electron chi connectivity index (χ4n) is 4.19. The molecule has 0 saturated carbocycles. The molecule has 3 heterocycles. The van der Waals surface area contributed by atoms with Crippen LogP contribution in [0.5, 0.6) is 0 Å². The summed E-state index contributed by atoms with van der Waals surface area (Å²) in [6.07, 6.45) is 1.74. The lowest BCUT2D eigenvalue weighted by Gasteiger charge is -2.24. The number of benzene rings is 2. The SMILES string of the molecule is COC(=O)C1=C(C)N=c2s/c(=C/c3c(C)nn(-c4ccccc4)c3Cl)c(=O)n2[C@H]1c1ccccc1. The number of fused-ring (bicyclic) bond motifs is 1. The number of carbonyl (C=O) groups excluding carboxylic acids is 1. The van der Waals surface area contributed by atoms with Crippen molar-refractivity contribution < 1.29 is 9.53 Å². The van der Waals surface area contributed by atoms with Gasteiger partial charge in [0, 0.05) is 5.56 Å². The number of thiazole rings is 1. The molecule has 176 valence electrons. The monoisotopic (exact) mass is 504 g/mol. The first-order valence-corrected chi connectivity index (χ1v) is 12.1. The van der Waals surface area contributed by atoms with Gasteiger partial charge in [-0.3, -0.25) is 9.36 Å². The number of hydrogen-bond acceptors (Lipinski definition) is 6. The van der Waals surface area contributed by atoms with E-state index in [2.05, 4.69) is 10.1 Å². The number of aromatic nitrogens is 3. The summed E-state index contributed by atoms with van der Waals surface area (Å²) in [6.45, 7) is 3.60. The average molecular weight is 505 g/mol. The molecule has 7 nitrogen and oxygen atoms in total. The van der Waals surface area contributed by atoms with Gasteiger partial charge in [-0.2, -0.15) is 5.10 Å². The van der Waals surface area contributed by atoms with Crippen molar-refractivity contribution in [2.45, 2.75) is 19.9 Å². The van der Waals surface area contributed by atoms with Gasteiger partial charge in [0.05, 0.1) is 40.3 Å². The summed E-state index contributed by atoms with van der Waals surface area (Å²) in [6, 6.07) is 18.3. The van der Waals surface area contributed by atoms with Crippen molar-refractivity contribution in [3.63, 3.8) is 0 Å². The molecule has 2 aromatic heterocycles. The third kappa shape index (κ3) is 3.94. The average Bonchev–Trinajstić information content (AvgIpc) is 3.34. The van der Waals surface area contributed by atoms with Gasteiger partial charge in [0.15, 0.2) is 4.80 Å². The molecule has 4 aromatic rings. The zero-order chi connectivity index (χ0) is 24.7. The number of rotatable bonds is 4. The highest BCUT2D eigenvalue weighted by Crippen LogP contribution is 2.30. The van der Waals surface area contributed by atoms with Gasteiger partial charge >= 0.3 is 5.97 Å². The fourth-order valence-corrected chi connectivity index (χ4v) is 5.54. The van der Waals surface area contributed by atoms with Gasteiger partial charge in [-0.15, -0.1) is 0 Å². The summed E-state index contributed by atoms with van der Waals surface area (Å²) < 4.78 is 8.68. The van der Waals surface area contributed by atoms with Crippen molar-refractivity contribution in [2.24, 2.45) is 4.99 Å². The number of aryl methyl sites for hydroxylation is 1. The molecule has 0 unspecified atom stereocenters. The topological polar surface area (TPSA) is 78.5 Å². The van der Waals surface area contributed by atoms with E-state index in [4.69, 9.17) is 16.3 Å². The Hall–Kier alpha value is -3.75. The molecule has 0 aliphatic carbocycles. The number of methoxy groups -OCH3 is 1. The lowest BCUT2D eigenvalue weighted by Crippen LogP contribution is -2.39. The molecule has 0 saturated heterocycles. The summed E-state index contributed by atoms with van der Waals surface area (Å²) in [5.74, 6) is -0.516. The first kappa shape index (κ1) is 23.0. The van der Waals surface area contributed by atoms with Gasteiger partial charge in [0.25, 0.3) is 5.56 Å². The second-order valence-corrected chi connectivity index (χ2v) is 9.39. The summed E-state index contributed by atoms with van der Waals surface area (Å²) in [5, 5.41) is 4.97. The van der Waals surface area contributed by atoms with Crippen molar-refractivity contribution >= 4 is 35.0 Å². The van der Waals surface area contributed by atoms with Crippen LogP contribution < -0.4 is 14.9 Å². The molecule has 0 N–H and O–H groups in total. The molecular formula is C26H21ClN4O3S. The number of ether oxygens (including phenoxy) is 1. The molecule has 5 rings (SSSR count). The number of allylic oxidation sites excluding steroid dienone is 1. The minimum atomic E-state index is -0.648. The Labute approximate surface area is 209 Å². The highest BCUT2D eigenvalue weighted by atomic mass is 35.5. The first-order chi connectivity index (χ1) is 16.9. The van der Waals surface area contributed by atoms with E-state index in [1.54, 1.807) is 22.2 Å². The van der Waals surface area contributed by atoms with E-state index in [0.29, 0.717) is 37.0 Å². The predicted molar refractivity (Wildman–Crippen MR) is 136 cm³/mol. The Morgan fingerprint density at radius 2 is 1.74 bits per heavy atom. The maximum Gasteiger partial charge on any atom is 0.338 e. The molecule has 1 aliphatic rings. The zero-order valence-electron chi connectivity index (χ0n) is 19.2. The summed E-state index contributed by atoms with van der Waals surface area (Å²) in [4.78, 5) is 31.5. The minimum absolute atomic E-state index is 0.264. The van der Waals surface area contributed by atoms with Crippen LogP contribution in [0.1, 0.15) is 29.8 Å². The van der Waals surface area contributed by atoms with E-state index in [1.807, 2.05) is 67.6 Å². The molecule has 1 aliphatic heterocycles. The van der Waals surface area contributed by atoms with E-state index in [1.165, 1.54) is 18.4 Å². The predicted octanol–water partition coefficient (Wildman–Crippen LogP) is 3.56. The summed E-state index contributed by atoms with van der Waals surface area (Å²) in [5.41, 5.74) is 3.55. The summed E-state index contributed by atoms with van der Waals surface area (Å²) >= 11 is 7.95. The van der Waals surface area contributed by atoms with Crippen LogP contribution in [0.3, 0.4) is 0 Å². The lowest BCUT2D eigenvalue weighted by molar-refractivity contribution is -0.136. The quantitative estimate of drug-likeness (QED) is 0.398. The second kappa shape index (κ2) is 9.13. The van der Waals surface area contributed by atoms with Gasteiger partial charge in [-0.1, -0.05) is 71.5 Å². The molecule has 0 amide bonds. The molecule has 9 heteroatoms. The molecule has 0 spiro atoms. The normalized spacial score (nSPS) is 15.7. The van der Waals surface area contributed by atoms with Gasteiger partial charge in [-0.25, -0.2) is 14.5 Å². The molecule has 2 aromatic carbocycles. The van der Waals surface area contributed by atoms with Crippen LogP contribution >= 0.6 is 22.9 Å². The fraction of sp³-hybridized carbons (Fsp3) is 0.154. The third-order valence-electron chi connectivity index (χ3n) is 5.87. The first-order valence-electron chi connectivity index (χ1n) is 10.9. The summed E-state index contributed by atoms with van der Waals surface area (Å²) in [7, 11) is 1.32. The highest BCUT2D eigenvalue weighted by Gasteiger charge is 2.33. The van der Waals surface area contributed by atoms with Crippen LogP contribution in [0.4, 0.5) is 0 Å². The lowest BCUT2D eigenvalue weighted by atomic mass is 9.96. The van der Waals surface area contributed by atoms with Crippen molar-refractivity contribution in [2.75, 3.05) is 7.11 Å². The Bertz CT molecular complexity index is 1650. The largest absolute Gasteiger partial charge is 0.466 e. The third-order valence-corrected chi connectivity index (χ3v) is 7.21. The number of nitrogens with zero attached hydrogens (tertiary/aromatic N) is 4. The Morgan fingerprint density at radius 3 is 2.40 bits per heavy atom. The standard InChI is InChI=1S/C26H21ClN4O3S/c1-15-19(23(27)31(29-15)18-12-8-5-9-13-18)14-20-24(32)30-22(17-10-6-4-7-11-17)21(25(33)34-3)16(2)28-26(30)35-20/h4-14,22H,1-3H3/b20-14+/t22-/m0/s1. The van der Waals surface area contributed by atoms with E-state index in [-0.39, 0.29) is 5.56 Å². The van der Waals surface area contributed by atoms with E-state index < -0.39 is 12.0 Å². The number of halogens is 1. The Morgan fingerprint density at radius 1 is 1.09 bits per heavy atom. The van der Waals surface area contributed by atoms with Crippen LogP contribution in [-0.2, 0) is 9.53 Å². The van der Waals surface area contributed by atoms with Crippen molar-refractivity contribution in [1.82, 2.24) is 14.3 Å². The minimum Gasteiger partial charge on any atom is -0.466 e. The van der Waals surface area contributed by atoms with Crippen molar-refractivity contribution in [3.8, 4) is 5.69 Å². The molecule has 35 heavy (non-hydrogen) atoms. The molecule has 0 radical (unpaired) electrons. The van der Waals surface area contributed by atoms with Crippen LogP contribution in [0.2, 0.25) is 5.15 Å². The van der Waals surface area contributed by atoms with Gasteiger partial charge in [0.2, 0.25) is 0 Å². The maximum atomic E-state index is 13.7. The molecule has 0 fully saturated rings. The number of esters is 1. The van der Waals surface area contributed by atoms with E-state index in [9.17, 15) is 9.59 Å². The highest BCUT2D eigenvalue weighted by molar-refractivity contribution is 7.07. The zero-order valence-corrected chi connectivity index (χ0v) is 20.8. The molecule has 1 atom stereocenters. The van der Waals surface area contributed by atoms with Crippen LogP contribution in [0.15, 0.2) is 81.7 Å². The van der Waals surface area contributed by atoms with Crippen LogP contribution in [-0.4, -0.2) is 27.4 Å². The van der Waals surface area contributed by atoms with Gasteiger partial charge < -0.3 is 4.74 Å². The van der Waals surface area contributed by atoms with Gasteiger partial charge in [-0.05, 0) is 37.6 Å². The van der Waals surface area contributed by atoms with Crippen molar-refractivity contribution in [1.29, 1.82) is 0 Å². The Kier molecular flexibility index (Phi) is 6.00. The van der Waals surface area contributed by atoms with Crippen LogP contribution in [0, 0.1) is 6.92 Å². The van der Waals surface area contributed by atoms with E-state index >= 15 is 0 Å². The number of hydrogen-bond donors (Lipinski definition) is 0. The smallest absolute Gasteiger partial charge is 0.338 e. The van der Waals surface area contributed by atoms with Crippen molar-refractivity contribution in [3.05, 3.63) is 114 Å². The number of para-hydroxylation sites is 1. The van der Waals surface area contributed by atoms with Crippen LogP contribution in [0.25, 0.3) is 11.8 Å². The Balaban J connectivity index is 1.72. The molecular weight excluding hydrogens is 484 g/mol. The molecule has 0 bridgehead atoms. The number of carbonyl (C=O) groups is 1. The van der Waals surface area contributed by atoms with E-state index in [0.717, 1.165) is 11.3 Å². The maximum absolute atomic E-state index is 13.7.